The Kier molecular flexibility index (Phi) is 4.51. The second-order valence-corrected chi connectivity index (χ2v) is 9.05. The highest BCUT2D eigenvalue weighted by atomic mass is 19.1. The quantitative estimate of drug-likeness (QED) is 0.440. The van der Waals surface area contributed by atoms with Gasteiger partial charge in [-0.15, -0.1) is 0 Å². The van der Waals surface area contributed by atoms with Gasteiger partial charge in [-0.25, -0.2) is 9.37 Å². The molecule has 2 aliphatic heterocycles. The van der Waals surface area contributed by atoms with Gasteiger partial charge in [-0.3, -0.25) is 4.98 Å². The minimum absolute atomic E-state index is 0.336. The summed E-state index contributed by atoms with van der Waals surface area (Å²) in [6.07, 6.45) is 1.60. The number of hydrogen-bond acceptors (Lipinski definition) is 6. The van der Waals surface area contributed by atoms with E-state index in [4.69, 9.17) is 4.98 Å². The SMILES string of the molecule is CN1CCN(c2ccc3nc(-c4ccc5c(c4)NC(C)(c4ncccc4F)N5)[nH]c3c2)CC1. The van der Waals surface area contributed by atoms with Crippen molar-refractivity contribution in [2.45, 2.75) is 12.6 Å². The average molecular weight is 444 g/mol. The fourth-order valence-corrected chi connectivity index (χ4v) is 4.74. The number of hydrogen-bond donors (Lipinski definition) is 3. The molecule has 0 aliphatic carbocycles. The van der Waals surface area contributed by atoms with Crippen LogP contribution in [-0.4, -0.2) is 53.1 Å². The lowest BCUT2D eigenvalue weighted by Crippen LogP contribution is -2.44. The van der Waals surface area contributed by atoms with Crippen molar-refractivity contribution in [1.82, 2.24) is 19.9 Å². The van der Waals surface area contributed by atoms with Gasteiger partial charge in [0.25, 0.3) is 0 Å². The van der Waals surface area contributed by atoms with Gasteiger partial charge in [-0.1, -0.05) is 0 Å². The number of aromatic nitrogens is 3. The smallest absolute Gasteiger partial charge is 0.152 e. The van der Waals surface area contributed by atoms with Crippen LogP contribution in [0.5, 0.6) is 0 Å². The van der Waals surface area contributed by atoms with E-state index in [2.05, 4.69) is 55.6 Å². The van der Waals surface area contributed by atoms with Crippen LogP contribution in [0.2, 0.25) is 0 Å². The summed E-state index contributed by atoms with van der Waals surface area (Å²) in [6, 6.07) is 15.5. The average Bonchev–Trinajstić information content (AvgIpc) is 3.39. The van der Waals surface area contributed by atoms with Crippen LogP contribution >= 0.6 is 0 Å². The molecule has 0 radical (unpaired) electrons. The number of likely N-dealkylation sites (N-methyl/N-ethyl adjacent to an activating group) is 1. The normalized spacial score (nSPS) is 20.5. The van der Waals surface area contributed by atoms with E-state index < -0.39 is 5.66 Å². The first-order valence-corrected chi connectivity index (χ1v) is 11.2. The van der Waals surface area contributed by atoms with E-state index >= 15 is 0 Å². The molecule has 0 amide bonds. The van der Waals surface area contributed by atoms with Gasteiger partial charge in [0.05, 0.1) is 22.4 Å². The first kappa shape index (κ1) is 20.0. The van der Waals surface area contributed by atoms with E-state index in [0.29, 0.717) is 5.69 Å². The Hall–Kier alpha value is -3.65. The number of pyridine rings is 1. The molecule has 2 aromatic heterocycles. The van der Waals surface area contributed by atoms with E-state index in [1.807, 2.05) is 25.1 Å². The number of H-pyrrole nitrogens is 1. The molecule has 4 heterocycles. The molecular formula is C25H26FN7. The zero-order valence-electron chi connectivity index (χ0n) is 18.7. The fourth-order valence-electron chi connectivity index (χ4n) is 4.74. The molecule has 6 rings (SSSR count). The lowest BCUT2D eigenvalue weighted by atomic mass is 10.1. The molecule has 168 valence electrons. The second-order valence-electron chi connectivity index (χ2n) is 9.05. The first-order valence-electron chi connectivity index (χ1n) is 11.2. The van der Waals surface area contributed by atoms with E-state index in [1.165, 1.54) is 11.8 Å². The van der Waals surface area contributed by atoms with Gasteiger partial charge in [0.15, 0.2) is 5.66 Å². The molecule has 1 unspecified atom stereocenters. The molecule has 1 atom stereocenters. The van der Waals surface area contributed by atoms with Gasteiger partial charge in [0, 0.05) is 43.6 Å². The molecule has 2 aliphatic rings. The second kappa shape index (κ2) is 7.45. The molecule has 3 N–H and O–H groups in total. The summed E-state index contributed by atoms with van der Waals surface area (Å²) in [5, 5.41) is 6.77. The Balaban J connectivity index is 1.29. The van der Waals surface area contributed by atoms with Crippen LogP contribution in [0, 0.1) is 5.82 Å². The highest BCUT2D eigenvalue weighted by Gasteiger charge is 2.37. The summed E-state index contributed by atoms with van der Waals surface area (Å²) in [4.78, 5) is 17.3. The predicted octanol–water partition coefficient (Wildman–Crippen LogP) is 4.23. The Morgan fingerprint density at radius 2 is 1.79 bits per heavy atom. The standard InChI is InChI=1S/C25H26FN7/c1-25(23-18(26)4-3-9-27-23)30-20-7-5-16(14-22(20)31-25)24-28-19-8-6-17(15-21(19)29-24)33-12-10-32(2)11-13-33/h3-9,14-15,30-31H,10-13H2,1-2H3,(H,28,29). The zero-order chi connectivity index (χ0) is 22.6. The highest BCUT2D eigenvalue weighted by molar-refractivity contribution is 5.85. The van der Waals surface area contributed by atoms with E-state index in [9.17, 15) is 4.39 Å². The Morgan fingerprint density at radius 3 is 2.61 bits per heavy atom. The van der Waals surface area contributed by atoms with Gasteiger partial charge in [-0.2, -0.15) is 0 Å². The minimum Gasteiger partial charge on any atom is -0.369 e. The van der Waals surface area contributed by atoms with Crippen molar-refractivity contribution in [3.05, 3.63) is 66.2 Å². The van der Waals surface area contributed by atoms with Crippen LogP contribution in [0.15, 0.2) is 54.7 Å². The maximum Gasteiger partial charge on any atom is 0.152 e. The summed E-state index contributed by atoms with van der Waals surface area (Å²) in [6.45, 7) is 6.09. The monoisotopic (exact) mass is 443 g/mol. The van der Waals surface area contributed by atoms with Crippen molar-refractivity contribution in [2.24, 2.45) is 0 Å². The summed E-state index contributed by atoms with van der Waals surface area (Å²) in [5.41, 5.74) is 5.45. The van der Waals surface area contributed by atoms with Crippen molar-refractivity contribution in [3.63, 3.8) is 0 Å². The fraction of sp³-hybridized carbons (Fsp3) is 0.280. The van der Waals surface area contributed by atoms with Crippen molar-refractivity contribution < 1.29 is 4.39 Å². The maximum absolute atomic E-state index is 14.4. The summed E-state index contributed by atoms with van der Waals surface area (Å²) >= 11 is 0. The number of fused-ring (bicyclic) bond motifs is 2. The lowest BCUT2D eigenvalue weighted by Gasteiger charge is -2.34. The largest absolute Gasteiger partial charge is 0.369 e. The molecule has 7 nitrogen and oxygen atoms in total. The highest BCUT2D eigenvalue weighted by Crippen LogP contribution is 2.41. The third-order valence-corrected chi connectivity index (χ3v) is 6.63. The number of aromatic amines is 1. The number of anilines is 3. The van der Waals surface area contributed by atoms with Crippen LogP contribution in [0.3, 0.4) is 0 Å². The van der Waals surface area contributed by atoms with Crippen molar-refractivity contribution in [3.8, 4) is 11.4 Å². The van der Waals surface area contributed by atoms with Crippen LogP contribution in [0.25, 0.3) is 22.4 Å². The number of nitrogens with one attached hydrogen (secondary N) is 3. The summed E-state index contributed by atoms with van der Waals surface area (Å²) in [5.74, 6) is 0.462. The Bertz CT molecular complexity index is 1340. The first-order chi connectivity index (χ1) is 16.0. The topological polar surface area (TPSA) is 72.1 Å². The van der Waals surface area contributed by atoms with Crippen LogP contribution in [0.1, 0.15) is 12.6 Å². The number of benzene rings is 2. The third-order valence-electron chi connectivity index (χ3n) is 6.63. The van der Waals surface area contributed by atoms with Crippen LogP contribution < -0.4 is 15.5 Å². The Labute approximate surface area is 191 Å². The summed E-state index contributed by atoms with van der Waals surface area (Å²) < 4.78 is 14.4. The minimum atomic E-state index is -0.822. The molecule has 2 aromatic carbocycles. The summed E-state index contributed by atoms with van der Waals surface area (Å²) in [7, 11) is 2.16. The predicted molar refractivity (Wildman–Crippen MR) is 130 cm³/mol. The molecule has 1 saturated heterocycles. The molecular weight excluding hydrogens is 417 g/mol. The zero-order valence-corrected chi connectivity index (χ0v) is 18.7. The van der Waals surface area contributed by atoms with E-state index in [1.54, 1.807) is 12.3 Å². The maximum atomic E-state index is 14.4. The Morgan fingerprint density at radius 1 is 0.970 bits per heavy atom. The van der Waals surface area contributed by atoms with Gasteiger partial charge in [0.2, 0.25) is 0 Å². The van der Waals surface area contributed by atoms with Crippen molar-refractivity contribution in [1.29, 1.82) is 0 Å². The van der Waals surface area contributed by atoms with Gasteiger partial charge >= 0.3 is 0 Å². The molecule has 4 aromatic rings. The molecule has 8 heteroatoms. The molecule has 0 spiro atoms. The van der Waals surface area contributed by atoms with Crippen molar-refractivity contribution in [2.75, 3.05) is 48.8 Å². The number of piperazine rings is 1. The van der Waals surface area contributed by atoms with Gasteiger partial charge in [-0.05, 0) is 62.5 Å². The van der Waals surface area contributed by atoms with Crippen LogP contribution in [-0.2, 0) is 5.66 Å². The number of rotatable bonds is 3. The van der Waals surface area contributed by atoms with Gasteiger partial charge < -0.3 is 25.4 Å². The molecule has 1 fully saturated rings. The van der Waals surface area contributed by atoms with Crippen LogP contribution in [0.4, 0.5) is 21.5 Å². The third kappa shape index (κ3) is 3.47. The van der Waals surface area contributed by atoms with Crippen molar-refractivity contribution >= 4 is 28.1 Å². The van der Waals surface area contributed by atoms with E-state index in [0.717, 1.165) is 60.0 Å². The number of nitrogens with zero attached hydrogens (tertiary/aromatic N) is 4. The molecule has 0 saturated carbocycles. The molecule has 33 heavy (non-hydrogen) atoms. The number of halogens is 1. The number of imidazole rings is 1. The van der Waals surface area contributed by atoms with E-state index in [-0.39, 0.29) is 5.82 Å². The van der Waals surface area contributed by atoms with Gasteiger partial charge in [0.1, 0.15) is 17.3 Å². The lowest BCUT2D eigenvalue weighted by molar-refractivity contribution is 0.313. The molecule has 0 bridgehead atoms.